The second-order valence-corrected chi connectivity index (χ2v) is 6.47. The third-order valence-corrected chi connectivity index (χ3v) is 5.29. The highest BCUT2D eigenvalue weighted by atomic mass is 16.5. The average molecular weight is 355 g/mol. The Hall–Kier alpha value is -2.83. The molecule has 1 fully saturated rings. The molecule has 0 N–H and O–H groups in total. The van der Waals surface area contributed by atoms with E-state index in [1.807, 2.05) is 11.1 Å². The van der Waals surface area contributed by atoms with E-state index in [2.05, 4.69) is 9.97 Å². The lowest BCUT2D eigenvalue weighted by atomic mass is 9.98. The van der Waals surface area contributed by atoms with Crippen LogP contribution in [0.5, 0.6) is 17.2 Å². The van der Waals surface area contributed by atoms with Crippen LogP contribution in [0.25, 0.3) is 0 Å². The van der Waals surface area contributed by atoms with Gasteiger partial charge < -0.3 is 19.1 Å². The van der Waals surface area contributed by atoms with Gasteiger partial charge in [0.25, 0.3) is 5.91 Å². The Bertz CT molecular complexity index is 855. The van der Waals surface area contributed by atoms with Gasteiger partial charge in [0.05, 0.1) is 38.6 Å². The largest absolute Gasteiger partial charge is 0.493 e. The summed E-state index contributed by atoms with van der Waals surface area (Å²) in [4.78, 5) is 23.9. The SMILES string of the molecule is COc1ccc(C(=O)N2C3CCC2c2cncnc2C3)c(OC)c1OC. The fourth-order valence-corrected chi connectivity index (χ4v) is 4.14. The van der Waals surface area contributed by atoms with E-state index in [0.29, 0.717) is 22.8 Å². The van der Waals surface area contributed by atoms with Gasteiger partial charge in [-0.25, -0.2) is 9.97 Å². The number of ether oxygens (including phenoxy) is 3. The Kier molecular flexibility index (Phi) is 4.14. The molecule has 7 heteroatoms. The summed E-state index contributed by atoms with van der Waals surface area (Å²) in [6.07, 6.45) is 6.05. The maximum absolute atomic E-state index is 13.4. The zero-order valence-corrected chi connectivity index (χ0v) is 15.1. The maximum atomic E-state index is 13.4. The van der Waals surface area contributed by atoms with Crippen molar-refractivity contribution in [2.24, 2.45) is 0 Å². The molecule has 0 aliphatic carbocycles. The van der Waals surface area contributed by atoms with Crippen molar-refractivity contribution in [3.63, 3.8) is 0 Å². The van der Waals surface area contributed by atoms with Crippen LogP contribution in [0, 0.1) is 0 Å². The molecule has 1 saturated heterocycles. The van der Waals surface area contributed by atoms with Gasteiger partial charge in [-0.2, -0.15) is 0 Å². The van der Waals surface area contributed by atoms with E-state index in [1.165, 1.54) is 14.2 Å². The van der Waals surface area contributed by atoms with Gasteiger partial charge in [0, 0.05) is 24.2 Å². The van der Waals surface area contributed by atoms with E-state index >= 15 is 0 Å². The van der Waals surface area contributed by atoms with Crippen molar-refractivity contribution in [2.45, 2.75) is 31.3 Å². The van der Waals surface area contributed by atoms with E-state index in [4.69, 9.17) is 14.2 Å². The number of rotatable bonds is 4. The van der Waals surface area contributed by atoms with Crippen molar-refractivity contribution >= 4 is 5.91 Å². The normalized spacial score (nSPS) is 20.5. The summed E-state index contributed by atoms with van der Waals surface area (Å²) in [5.41, 5.74) is 2.58. The third kappa shape index (κ3) is 2.38. The second-order valence-electron chi connectivity index (χ2n) is 6.47. The molecule has 0 spiro atoms. The number of carbonyl (C=O) groups is 1. The number of amides is 1. The second kappa shape index (κ2) is 6.48. The van der Waals surface area contributed by atoms with Crippen LogP contribution in [0.4, 0.5) is 0 Å². The van der Waals surface area contributed by atoms with E-state index in [9.17, 15) is 4.79 Å². The molecular weight excluding hydrogens is 334 g/mol. The van der Waals surface area contributed by atoms with E-state index in [-0.39, 0.29) is 18.0 Å². The fourth-order valence-electron chi connectivity index (χ4n) is 4.14. The summed E-state index contributed by atoms with van der Waals surface area (Å²) in [6, 6.07) is 3.62. The lowest BCUT2D eigenvalue weighted by molar-refractivity contribution is 0.0639. The van der Waals surface area contributed by atoms with Crippen molar-refractivity contribution in [2.75, 3.05) is 21.3 Å². The molecule has 1 aromatic carbocycles. The summed E-state index contributed by atoms with van der Waals surface area (Å²) >= 11 is 0. The first kappa shape index (κ1) is 16.6. The van der Waals surface area contributed by atoms with Crippen LogP contribution >= 0.6 is 0 Å². The molecule has 2 aromatic rings. The number of methoxy groups -OCH3 is 3. The summed E-state index contributed by atoms with van der Waals surface area (Å²) in [6.45, 7) is 0. The van der Waals surface area contributed by atoms with Crippen LogP contribution in [-0.4, -0.2) is 48.1 Å². The number of aromatic nitrogens is 2. The standard InChI is InChI=1S/C19H21N3O4/c1-24-16-7-5-12(17(25-2)18(16)26-3)19(23)22-11-4-6-15(22)13-9-20-10-21-14(13)8-11/h5,7,9-11,15H,4,6,8H2,1-3H3. The molecule has 0 radical (unpaired) electrons. The van der Waals surface area contributed by atoms with Crippen LogP contribution in [-0.2, 0) is 6.42 Å². The zero-order chi connectivity index (χ0) is 18.3. The maximum Gasteiger partial charge on any atom is 0.258 e. The van der Waals surface area contributed by atoms with E-state index in [0.717, 1.165) is 30.5 Å². The van der Waals surface area contributed by atoms with E-state index < -0.39 is 0 Å². The van der Waals surface area contributed by atoms with Crippen molar-refractivity contribution in [1.82, 2.24) is 14.9 Å². The van der Waals surface area contributed by atoms with Crippen LogP contribution in [0.15, 0.2) is 24.7 Å². The van der Waals surface area contributed by atoms with Crippen molar-refractivity contribution < 1.29 is 19.0 Å². The number of hydrogen-bond donors (Lipinski definition) is 0. The number of benzene rings is 1. The molecule has 2 atom stereocenters. The molecule has 2 aliphatic heterocycles. The predicted molar refractivity (Wildman–Crippen MR) is 93.8 cm³/mol. The minimum Gasteiger partial charge on any atom is -0.493 e. The minimum atomic E-state index is -0.0650. The summed E-state index contributed by atoms with van der Waals surface area (Å²) in [5, 5.41) is 0. The van der Waals surface area contributed by atoms with Crippen molar-refractivity contribution in [3.8, 4) is 17.2 Å². The van der Waals surface area contributed by atoms with Gasteiger partial charge in [-0.05, 0) is 25.0 Å². The van der Waals surface area contributed by atoms with Gasteiger partial charge in [-0.1, -0.05) is 0 Å². The summed E-state index contributed by atoms with van der Waals surface area (Å²) in [5.74, 6) is 1.28. The molecule has 0 saturated carbocycles. The molecule has 2 aliphatic rings. The minimum absolute atomic E-state index is 0.00949. The predicted octanol–water partition coefficient (Wildman–Crippen LogP) is 2.40. The number of fused-ring (bicyclic) bond motifs is 4. The Balaban J connectivity index is 1.76. The van der Waals surface area contributed by atoms with Crippen LogP contribution < -0.4 is 14.2 Å². The molecule has 2 bridgehead atoms. The summed E-state index contributed by atoms with van der Waals surface area (Å²) in [7, 11) is 4.62. The highest BCUT2D eigenvalue weighted by Crippen LogP contribution is 2.46. The number of nitrogens with zero attached hydrogens (tertiary/aromatic N) is 3. The smallest absolute Gasteiger partial charge is 0.258 e. The van der Waals surface area contributed by atoms with E-state index in [1.54, 1.807) is 25.6 Å². The molecule has 3 heterocycles. The molecule has 2 unspecified atom stereocenters. The average Bonchev–Trinajstić information content (AvgIpc) is 3.00. The molecule has 26 heavy (non-hydrogen) atoms. The first-order valence-electron chi connectivity index (χ1n) is 8.60. The third-order valence-electron chi connectivity index (χ3n) is 5.29. The van der Waals surface area contributed by atoms with Gasteiger partial charge in [0.2, 0.25) is 5.75 Å². The van der Waals surface area contributed by atoms with Crippen molar-refractivity contribution in [1.29, 1.82) is 0 Å². The first-order chi connectivity index (χ1) is 12.7. The molecule has 136 valence electrons. The Labute approximate surface area is 151 Å². The van der Waals surface area contributed by atoms with Crippen LogP contribution in [0.2, 0.25) is 0 Å². The lowest BCUT2D eigenvalue weighted by Gasteiger charge is -2.35. The Morgan fingerprint density at radius 1 is 1.12 bits per heavy atom. The zero-order valence-electron chi connectivity index (χ0n) is 15.1. The summed E-state index contributed by atoms with van der Waals surface area (Å²) < 4.78 is 16.2. The van der Waals surface area contributed by atoms with Gasteiger partial charge in [-0.3, -0.25) is 4.79 Å². The van der Waals surface area contributed by atoms with Gasteiger partial charge in [0.15, 0.2) is 11.5 Å². The number of hydrogen-bond acceptors (Lipinski definition) is 6. The number of carbonyl (C=O) groups excluding carboxylic acids is 1. The highest BCUT2D eigenvalue weighted by molar-refractivity contribution is 5.99. The monoisotopic (exact) mass is 355 g/mol. The molecule has 4 rings (SSSR count). The van der Waals surface area contributed by atoms with Crippen LogP contribution in [0.3, 0.4) is 0 Å². The molecule has 7 nitrogen and oxygen atoms in total. The molecule has 1 amide bonds. The van der Waals surface area contributed by atoms with Gasteiger partial charge >= 0.3 is 0 Å². The first-order valence-corrected chi connectivity index (χ1v) is 8.60. The topological polar surface area (TPSA) is 73.8 Å². The quantitative estimate of drug-likeness (QED) is 0.838. The van der Waals surface area contributed by atoms with Gasteiger partial charge in [0.1, 0.15) is 6.33 Å². The molecular formula is C19H21N3O4. The van der Waals surface area contributed by atoms with Crippen LogP contribution in [0.1, 0.15) is 40.5 Å². The van der Waals surface area contributed by atoms with Crippen molar-refractivity contribution in [3.05, 3.63) is 41.5 Å². The Morgan fingerprint density at radius 3 is 2.65 bits per heavy atom. The lowest BCUT2D eigenvalue weighted by Crippen LogP contribution is -2.42. The fraction of sp³-hybridized carbons (Fsp3) is 0.421. The van der Waals surface area contributed by atoms with Gasteiger partial charge in [-0.15, -0.1) is 0 Å². The Morgan fingerprint density at radius 2 is 1.92 bits per heavy atom. The molecule has 1 aromatic heterocycles. The highest BCUT2D eigenvalue weighted by Gasteiger charge is 2.44.